The number of benzene rings is 2. The summed E-state index contributed by atoms with van der Waals surface area (Å²) >= 11 is 0. The lowest BCUT2D eigenvalue weighted by molar-refractivity contribution is 0.0779. The van der Waals surface area contributed by atoms with Gasteiger partial charge in [0.25, 0.3) is 5.91 Å². The number of amides is 1. The quantitative estimate of drug-likeness (QED) is 0.479. The fourth-order valence-corrected chi connectivity index (χ4v) is 3.88. The number of rotatable bonds is 8. The van der Waals surface area contributed by atoms with Crippen LogP contribution in [0.25, 0.3) is 0 Å². The van der Waals surface area contributed by atoms with Gasteiger partial charge in [-0.15, -0.1) is 0 Å². The van der Waals surface area contributed by atoms with Crippen molar-refractivity contribution in [2.75, 3.05) is 7.05 Å². The number of hydrogen-bond donors (Lipinski definition) is 0. The van der Waals surface area contributed by atoms with Crippen LogP contribution in [0.3, 0.4) is 0 Å². The van der Waals surface area contributed by atoms with Crippen LogP contribution >= 0.6 is 0 Å². The van der Waals surface area contributed by atoms with Crippen molar-refractivity contribution in [1.29, 1.82) is 0 Å². The van der Waals surface area contributed by atoms with E-state index < -0.39 is 0 Å². The van der Waals surface area contributed by atoms with Crippen molar-refractivity contribution in [3.8, 4) is 0 Å². The molecule has 3 aromatic rings. The molecule has 1 aliphatic rings. The summed E-state index contributed by atoms with van der Waals surface area (Å²) in [5.41, 5.74) is 4.24. The normalized spacial score (nSPS) is 14.0. The van der Waals surface area contributed by atoms with Gasteiger partial charge in [0.1, 0.15) is 6.26 Å². The maximum absolute atomic E-state index is 12.8. The molecular weight excluding hydrogens is 398 g/mol. The van der Waals surface area contributed by atoms with Crippen molar-refractivity contribution >= 4 is 5.91 Å². The number of carbonyl (C=O) groups excluding carboxylic acids is 1. The Kier molecular flexibility index (Phi) is 6.47. The van der Waals surface area contributed by atoms with Crippen LogP contribution in [-0.2, 0) is 25.0 Å². The first kappa shape index (κ1) is 22.3. The molecule has 0 saturated heterocycles. The van der Waals surface area contributed by atoms with E-state index in [2.05, 4.69) is 54.9 Å². The van der Waals surface area contributed by atoms with Crippen molar-refractivity contribution < 1.29 is 9.21 Å². The second-order valence-electron chi connectivity index (χ2n) is 9.86. The van der Waals surface area contributed by atoms with Gasteiger partial charge >= 0.3 is 0 Å². The Bertz CT molecular complexity index is 1030. The number of aromatic nitrogens is 1. The van der Waals surface area contributed by atoms with E-state index >= 15 is 0 Å². The highest BCUT2D eigenvalue weighted by Crippen LogP contribution is 2.30. The lowest BCUT2D eigenvalue weighted by Gasteiger charge is -2.22. The summed E-state index contributed by atoms with van der Waals surface area (Å²) in [7, 11) is 1.79. The van der Waals surface area contributed by atoms with Gasteiger partial charge in [-0.25, -0.2) is 4.98 Å². The van der Waals surface area contributed by atoms with Crippen LogP contribution < -0.4 is 0 Å². The Morgan fingerprint density at radius 1 is 0.969 bits per heavy atom. The summed E-state index contributed by atoms with van der Waals surface area (Å²) in [6.45, 7) is 8.71. The van der Waals surface area contributed by atoms with Crippen LogP contribution in [-0.4, -0.2) is 33.8 Å². The zero-order valence-corrected chi connectivity index (χ0v) is 19.5. The van der Waals surface area contributed by atoms with Crippen LogP contribution in [0.4, 0.5) is 0 Å². The molecule has 1 saturated carbocycles. The van der Waals surface area contributed by atoms with E-state index in [9.17, 15) is 4.79 Å². The van der Waals surface area contributed by atoms with E-state index in [0.717, 1.165) is 12.1 Å². The monoisotopic (exact) mass is 431 g/mol. The molecule has 0 atom stereocenters. The molecule has 168 valence electrons. The molecular formula is C27H33N3O2. The Hall–Kier alpha value is -2.92. The van der Waals surface area contributed by atoms with Crippen molar-refractivity contribution in [3.05, 3.63) is 89.1 Å². The molecule has 0 N–H and O–H groups in total. The van der Waals surface area contributed by atoms with Crippen LogP contribution in [0.2, 0.25) is 0 Å². The van der Waals surface area contributed by atoms with Gasteiger partial charge in [0.2, 0.25) is 5.89 Å². The van der Waals surface area contributed by atoms with Gasteiger partial charge in [-0.2, -0.15) is 0 Å². The van der Waals surface area contributed by atoms with Gasteiger partial charge in [0.05, 0.1) is 6.54 Å². The zero-order chi connectivity index (χ0) is 22.7. The van der Waals surface area contributed by atoms with E-state index in [1.807, 2.05) is 30.3 Å². The van der Waals surface area contributed by atoms with Gasteiger partial charge in [-0.05, 0) is 34.9 Å². The van der Waals surface area contributed by atoms with Crippen LogP contribution in [0, 0.1) is 0 Å². The van der Waals surface area contributed by atoms with E-state index in [1.54, 1.807) is 11.9 Å². The first-order chi connectivity index (χ1) is 15.3. The van der Waals surface area contributed by atoms with E-state index in [0.29, 0.717) is 30.7 Å². The first-order valence-electron chi connectivity index (χ1n) is 11.4. The number of oxazole rings is 1. The Labute approximate surface area is 191 Å². The van der Waals surface area contributed by atoms with Crippen LogP contribution in [0.5, 0.6) is 0 Å². The van der Waals surface area contributed by atoms with Crippen LogP contribution in [0.1, 0.15) is 66.7 Å². The SMILES string of the molecule is CN(Cc1ccccc1)C(=O)c1coc(CN(Cc2ccc(C(C)(C)C)cc2)C2CC2)n1. The highest BCUT2D eigenvalue weighted by atomic mass is 16.3. The predicted octanol–water partition coefficient (Wildman–Crippen LogP) is 5.41. The molecule has 1 amide bonds. The molecule has 1 aliphatic carbocycles. The van der Waals surface area contributed by atoms with Gasteiger partial charge in [-0.1, -0.05) is 75.4 Å². The predicted molar refractivity (Wildman–Crippen MR) is 126 cm³/mol. The number of carbonyl (C=O) groups is 1. The van der Waals surface area contributed by atoms with E-state index in [-0.39, 0.29) is 11.3 Å². The van der Waals surface area contributed by atoms with Crippen molar-refractivity contribution in [2.45, 2.75) is 64.7 Å². The second kappa shape index (κ2) is 9.29. The van der Waals surface area contributed by atoms with Gasteiger partial charge in [0, 0.05) is 26.2 Å². The Balaban J connectivity index is 1.39. The molecule has 0 unspecified atom stereocenters. The molecule has 1 aromatic heterocycles. The second-order valence-corrected chi connectivity index (χ2v) is 9.86. The van der Waals surface area contributed by atoms with Crippen molar-refractivity contribution in [2.24, 2.45) is 0 Å². The molecule has 1 fully saturated rings. The molecule has 0 bridgehead atoms. The standard InChI is InChI=1S/C27H33N3O2/c1-27(2,3)22-12-10-21(11-13-22)17-30(23-14-15-23)18-25-28-24(19-32-25)26(31)29(4)16-20-8-6-5-7-9-20/h5-13,19,23H,14-18H2,1-4H3. The highest BCUT2D eigenvalue weighted by molar-refractivity contribution is 5.91. The fourth-order valence-electron chi connectivity index (χ4n) is 3.88. The minimum absolute atomic E-state index is 0.125. The minimum atomic E-state index is -0.125. The molecule has 5 nitrogen and oxygen atoms in total. The third-order valence-electron chi connectivity index (χ3n) is 5.99. The average Bonchev–Trinajstić information content (AvgIpc) is 3.52. The average molecular weight is 432 g/mol. The molecule has 0 spiro atoms. The molecule has 5 heteroatoms. The lowest BCUT2D eigenvalue weighted by Crippen LogP contribution is -2.27. The summed E-state index contributed by atoms with van der Waals surface area (Å²) in [4.78, 5) is 21.4. The summed E-state index contributed by atoms with van der Waals surface area (Å²) in [6.07, 6.45) is 3.89. The van der Waals surface area contributed by atoms with Crippen molar-refractivity contribution in [3.63, 3.8) is 0 Å². The largest absolute Gasteiger partial charge is 0.447 e. The van der Waals surface area contributed by atoms with Crippen LogP contribution in [0.15, 0.2) is 65.3 Å². The number of hydrogen-bond acceptors (Lipinski definition) is 4. The third kappa shape index (κ3) is 5.65. The Morgan fingerprint density at radius 3 is 2.25 bits per heavy atom. The number of nitrogens with zero attached hydrogens (tertiary/aromatic N) is 3. The maximum Gasteiger partial charge on any atom is 0.275 e. The summed E-state index contributed by atoms with van der Waals surface area (Å²) < 4.78 is 5.70. The van der Waals surface area contributed by atoms with Gasteiger partial charge < -0.3 is 9.32 Å². The van der Waals surface area contributed by atoms with E-state index in [4.69, 9.17) is 4.42 Å². The first-order valence-corrected chi connectivity index (χ1v) is 11.4. The molecule has 1 heterocycles. The maximum atomic E-state index is 12.8. The molecule has 4 rings (SSSR count). The fraction of sp³-hybridized carbons (Fsp3) is 0.407. The smallest absolute Gasteiger partial charge is 0.275 e. The summed E-state index contributed by atoms with van der Waals surface area (Å²) in [5, 5.41) is 0. The lowest BCUT2D eigenvalue weighted by atomic mass is 9.87. The van der Waals surface area contributed by atoms with Gasteiger partial charge in [-0.3, -0.25) is 9.69 Å². The third-order valence-corrected chi connectivity index (χ3v) is 5.99. The molecule has 32 heavy (non-hydrogen) atoms. The molecule has 0 radical (unpaired) electrons. The summed E-state index contributed by atoms with van der Waals surface area (Å²) in [6, 6.07) is 19.4. The topological polar surface area (TPSA) is 49.6 Å². The Morgan fingerprint density at radius 2 is 1.62 bits per heavy atom. The van der Waals surface area contributed by atoms with E-state index in [1.165, 1.54) is 30.2 Å². The van der Waals surface area contributed by atoms with Gasteiger partial charge in [0.15, 0.2) is 5.69 Å². The summed E-state index contributed by atoms with van der Waals surface area (Å²) in [5.74, 6) is 0.472. The minimum Gasteiger partial charge on any atom is -0.447 e. The van der Waals surface area contributed by atoms with Crippen molar-refractivity contribution in [1.82, 2.24) is 14.8 Å². The molecule has 0 aliphatic heterocycles. The molecule has 2 aromatic carbocycles. The zero-order valence-electron chi connectivity index (χ0n) is 19.5. The highest BCUT2D eigenvalue weighted by Gasteiger charge is 2.30.